The van der Waals surface area contributed by atoms with Crippen LogP contribution in [0.1, 0.15) is 31.2 Å². The lowest BCUT2D eigenvalue weighted by molar-refractivity contribution is 0.0958. The Morgan fingerprint density at radius 3 is 2.67 bits per heavy atom. The molecule has 2 bridgehead atoms. The molecular weight excluding hydrogens is 340 g/mol. The molecule has 1 saturated heterocycles. The maximum absolute atomic E-state index is 10.1. The summed E-state index contributed by atoms with van der Waals surface area (Å²) in [5, 5.41) is 13.5. The van der Waals surface area contributed by atoms with Gasteiger partial charge in [-0.05, 0) is 49.3 Å². The molecule has 2 N–H and O–H groups in total. The Bertz CT molecular complexity index is 685. The molecule has 0 aromatic heterocycles. The van der Waals surface area contributed by atoms with E-state index in [0.717, 1.165) is 61.3 Å². The summed E-state index contributed by atoms with van der Waals surface area (Å²) in [6, 6.07) is 6.13. The summed E-state index contributed by atoms with van der Waals surface area (Å²) >= 11 is 0. The summed E-state index contributed by atoms with van der Waals surface area (Å²) in [5.41, 5.74) is 0.816. The molecule has 2 aliphatic carbocycles. The van der Waals surface area contributed by atoms with Crippen molar-refractivity contribution in [1.29, 1.82) is 0 Å². The zero-order valence-electron chi connectivity index (χ0n) is 16.5. The number of methoxy groups -OCH3 is 1. The first-order chi connectivity index (χ1) is 13.2. The van der Waals surface area contributed by atoms with E-state index >= 15 is 0 Å². The lowest BCUT2D eigenvalue weighted by atomic mass is 9.93. The van der Waals surface area contributed by atoms with Gasteiger partial charge in [0.25, 0.3) is 0 Å². The van der Waals surface area contributed by atoms with Crippen LogP contribution in [0.3, 0.4) is 0 Å². The van der Waals surface area contributed by atoms with E-state index in [0.29, 0.717) is 6.54 Å². The van der Waals surface area contributed by atoms with E-state index in [9.17, 15) is 5.11 Å². The fourth-order valence-electron chi connectivity index (χ4n) is 5.26. The number of fused-ring (bicyclic) bond motifs is 2. The highest BCUT2D eigenvalue weighted by Gasteiger charge is 2.42. The molecule has 3 atom stereocenters. The van der Waals surface area contributed by atoms with Crippen LogP contribution >= 0.6 is 0 Å². The predicted octanol–water partition coefficient (Wildman–Crippen LogP) is 2.28. The molecule has 1 aliphatic heterocycles. The summed E-state index contributed by atoms with van der Waals surface area (Å²) in [6.07, 6.45) is 5.81. The number of hydrogen-bond donors (Lipinski definition) is 2. The largest absolute Gasteiger partial charge is 0.508 e. The Kier molecular flexibility index (Phi) is 5.43. The molecule has 1 heterocycles. The average molecular weight is 373 g/mol. The molecule has 1 aromatic carbocycles. The van der Waals surface area contributed by atoms with Crippen molar-refractivity contribution in [3.63, 3.8) is 0 Å². The first kappa shape index (κ1) is 18.4. The van der Waals surface area contributed by atoms with Gasteiger partial charge >= 0.3 is 0 Å². The molecule has 3 aliphatic rings. The summed E-state index contributed by atoms with van der Waals surface area (Å²) in [5.74, 6) is 3.89. The molecule has 2 saturated carbocycles. The van der Waals surface area contributed by atoms with Crippen molar-refractivity contribution in [1.82, 2.24) is 15.1 Å². The number of phenolic OH excluding ortho intramolecular Hbond substituents is 1. The first-order valence-corrected chi connectivity index (χ1v) is 10.2. The molecule has 6 heteroatoms. The maximum Gasteiger partial charge on any atom is 0.194 e. The predicted molar refractivity (Wildman–Crippen MR) is 107 cm³/mol. The van der Waals surface area contributed by atoms with E-state index in [1.54, 1.807) is 19.2 Å². The molecule has 0 radical (unpaired) electrons. The number of hydrogen-bond acceptors (Lipinski definition) is 4. The number of aromatic hydroxyl groups is 1. The zero-order chi connectivity index (χ0) is 18.8. The molecule has 4 rings (SSSR count). The SMILES string of the molecule is CN=C(NCc1cc(OC)ccc1O)N1CCN(C2CC3CCC2C3)CC1. The molecule has 27 heavy (non-hydrogen) atoms. The van der Waals surface area contributed by atoms with E-state index in [1.165, 1.54) is 25.7 Å². The van der Waals surface area contributed by atoms with Gasteiger partial charge < -0.3 is 20.1 Å². The molecule has 148 valence electrons. The third-order valence-corrected chi connectivity index (χ3v) is 6.72. The number of aliphatic imine (C=N–C) groups is 1. The van der Waals surface area contributed by atoms with Gasteiger partial charge in [0.15, 0.2) is 5.96 Å². The van der Waals surface area contributed by atoms with Gasteiger partial charge in [-0.3, -0.25) is 9.89 Å². The molecule has 0 amide bonds. The minimum atomic E-state index is 0.278. The van der Waals surface area contributed by atoms with E-state index < -0.39 is 0 Å². The Balaban J connectivity index is 1.30. The highest BCUT2D eigenvalue weighted by atomic mass is 16.5. The molecular formula is C21H32N4O2. The standard InChI is InChI=1S/C21H32N4O2/c1-22-21(23-14-17-13-18(27-2)5-6-20(17)26)25-9-7-24(8-10-25)19-12-15-3-4-16(19)11-15/h5-6,13,15-16,19,26H,3-4,7-12,14H2,1-2H3,(H,22,23). The highest BCUT2D eigenvalue weighted by Crippen LogP contribution is 2.46. The Hall–Kier alpha value is -1.95. The second-order valence-corrected chi connectivity index (χ2v) is 8.16. The smallest absolute Gasteiger partial charge is 0.194 e. The number of rotatable bonds is 4. The van der Waals surface area contributed by atoms with Gasteiger partial charge in [-0.2, -0.15) is 0 Å². The normalized spacial score (nSPS) is 28.6. The minimum absolute atomic E-state index is 0.278. The van der Waals surface area contributed by atoms with Gasteiger partial charge in [-0.1, -0.05) is 6.42 Å². The number of nitrogens with zero attached hydrogens (tertiary/aromatic N) is 3. The second kappa shape index (κ2) is 7.97. The third-order valence-electron chi connectivity index (χ3n) is 6.72. The van der Waals surface area contributed by atoms with Gasteiger partial charge in [-0.25, -0.2) is 0 Å². The maximum atomic E-state index is 10.1. The van der Waals surface area contributed by atoms with Crippen LogP contribution in [0.2, 0.25) is 0 Å². The Labute approximate surface area is 162 Å². The van der Waals surface area contributed by atoms with Gasteiger partial charge in [0, 0.05) is 51.4 Å². The Morgan fingerprint density at radius 1 is 1.22 bits per heavy atom. The summed E-state index contributed by atoms with van der Waals surface area (Å²) < 4.78 is 5.26. The minimum Gasteiger partial charge on any atom is -0.508 e. The summed E-state index contributed by atoms with van der Waals surface area (Å²) in [6.45, 7) is 4.80. The van der Waals surface area contributed by atoms with E-state index in [-0.39, 0.29) is 5.75 Å². The molecule has 3 unspecified atom stereocenters. The lowest BCUT2D eigenvalue weighted by Crippen LogP contribution is -2.55. The summed E-state index contributed by atoms with van der Waals surface area (Å²) in [7, 11) is 3.47. The van der Waals surface area contributed by atoms with Crippen LogP contribution < -0.4 is 10.1 Å². The fourth-order valence-corrected chi connectivity index (χ4v) is 5.26. The van der Waals surface area contributed by atoms with Crippen LogP contribution in [0.15, 0.2) is 23.2 Å². The van der Waals surface area contributed by atoms with Crippen molar-refractivity contribution < 1.29 is 9.84 Å². The van der Waals surface area contributed by atoms with Gasteiger partial charge in [0.1, 0.15) is 11.5 Å². The first-order valence-electron chi connectivity index (χ1n) is 10.2. The lowest BCUT2D eigenvalue weighted by Gasteiger charge is -2.42. The van der Waals surface area contributed by atoms with Crippen LogP contribution in [0.25, 0.3) is 0 Å². The molecule has 1 aromatic rings. The number of nitrogens with one attached hydrogen (secondary N) is 1. The fraction of sp³-hybridized carbons (Fsp3) is 0.667. The van der Waals surface area contributed by atoms with Gasteiger partial charge in [-0.15, -0.1) is 0 Å². The quantitative estimate of drug-likeness (QED) is 0.627. The van der Waals surface area contributed by atoms with Gasteiger partial charge in [0.05, 0.1) is 7.11 Å². The highest BCUT2D eigenvalue weighted by molar-refractivity contribution is 5.80. The number of piperazine rings is 1. The van der Waals surface area contributed by atoms with Crippen molar-refractivity contribution >= 4 is 5.96 Å². The van der Waals surface area contributed by atoms with Crippen molar-refractivity contribution in [2.24, 2.45) is 16.8 Å². The van der Waals surface area contributed by atoms with E-state index in [1.807, 2.05) is 13.1 Å². The zero-order valence-corrected chi connectivity index (χ0v) is 16.5. The Morgan fingerprint density at radius 2 is 2.04 bits per heavy atom. The van der Waals surface area contributed by atoms with Crippen molar-refractivity contribution in [3.8, 4) is 11.5 Å². The monoisotopic (exact) mass is 372 g/mol. The third kappa shape index (κ3) is 3.86. The van der Waals surface area contributed by atoms with Crippen LogP contribution in [0.4, 0.5) is 0 Å². The van der Waals surface area contributed by atoms with Crippen LogP contribution in [0.5, 0.6) is 11.5 Å². The van der Waals surface area contributed by atoms with Crippen molar-refractivity contribution in [2.75, 3.05) is 40.3 Å². The van der Waals surface area contributed by atoms with Gasteiger partial charge in [0.2, 0.25) is 0 Å². The molecule has 6 nitrogen and oxygen atoms in total. The van der Waals surface area contributed by atoms with E-state index in [4.69, 9.17) is 4.74 Å². The van der Waals surface area contributed by atoms with Crippen LogP contribution in [-0.4, -0.2) is 67.2 Å². The molecule has 0 spiro atoms. The van der Waals surface area contributed by atoms with Crippen LogP contribution in [-0.2, 0) is 6.54 Å². The van der Waals surface area contributed by atoms with Crippen molar-refractivity contribution in [2.45, 2.75) is 38.3 Å². The number of guanidine groups is 1. The number of benzene rings is 1. The average Bonchev–Trinajstić information content (AvgIpc) is 3.34. The second-order valence-electron chi connectivity index (χ2n) is 8.16. The molecule has 3 fully saturated rings. The number of ether oxygens (including phenoxy) is 1. The number of phenols is 1. The van der Waals surface area contributed by atoms with Crippen LogP contribution in [0, 0.1) is 11.8 Å². The topological polar surface area (TPSA) is 60.3 Å². The van der Waals surface area contributed by atoms with E-state index in [2.05, 4.69) is 20.1 Å². The summed E-state index contributed by atoms with van der Waals surface area (Å²) in [4.78, 5) is 9.52. The van der Waals surface area contributed by atoms with Crippen molar-refractivity contribution in [3.05, 3.63) is 23.8 Å².